The van der Waals surface area contributed by atoms with Crippen LogP contribution in [0.3, 0.4) is 0 Å². The van der Waals surface area contributed by atoms with Crippen LogP contribution in [0.15, 0.2) is 96.7 Å². The molecule has 0 amide bonds. The van der Waals surface area contributed by atoms with Crippen LogP contribution in [0.2, 0.25) is 0 Å². The molecule has 5 rings (SSSR count). The fraction of sp³-hybridized carbons (Fsp3) is 0. The molecule has 0 aliphatic heterocycles. The van der Waals surface area contributed by atoms with E-state index in [0.717, 1.165) is 0 Å². The SMILES string of the molecule is [2H]c1c([2H])c([2H])c2c(-c3c([2H])c([2H])c4c([2H])c([2H])c([2H])c([2H])c4c3[2H])c3c([2H])c([2H])c([2H])c([2H])c3cc2c1[2H]. The second kappa shape index (κ2) is 5.21. The Balaban J connectivity index is 2.23. The lowest BCUT2D eigenvalue weighted by molar-refractivity contribution is 1.70. The van der Waals surface area contributed by atoms with Gasteiger partial charge in [-0.2, -0.15) is 0 Å². The molecule has 0 atom stereocenters. The van der Waals surface area contributed by atoms with E-state index in [1.807, 2.05) is 0 Å². The lowest BCUT2D eigenvalue weighted by atomic mass is 9.91. The Bertz CT molecular complexity index is 1880. The molecule has 0 aliphatic rings. The minimum absolute atomic E-state index is 0.145. The third-order valence-electron chi connectivity index (χ3n) is 3.72. The quantitative estimate of drug-likeness (QED) is 0.298. The van der Waals surface area contributed by atoms with Gasteiger partial charge >= 0.3 is 0 Å². The van der Waals surface area contributed by atoms with E-state index in [2.05, 4.69) is 0 Å². The summed E-state index contributed by atoms with van der Waals surface area (Å²) in [7, 11) is 0. The van der Waals surface area contributed by atoms with Crippen molar-refractivity contribution < 1.29 is 20.6 Å². The van der Waals surface area contributed by atoms with E-state index in [9.17, 15) is 0 Å². The predicted octanol–water partition coefficient (Wildman–Crippen LogP) is 6.81. The van der Waals surface area contributed by atoms with E-state index < -0.39 is 102 Å². The van der Waals surface area contributed by atoms with Gasteiger partial charge in [0.1, 0.15) is 0 Å². The number of hydrogen-bond acceptors (Lipinski definition) is 0. The normalized spacial score (nSPS) is 20.1. The van der Waals surface area contributed by atoms with E-state index in [0.29, 0.717) is 0 Å². The van der Waals surface area contributed by atoms with Crippen molar-refractivity contribution in [2.45, 2.75) is 0 Å². The first-order chi connectivity index (χ1) is 18.1. The average molecular weight is 319 g/mol. The minimum atomic E-state index is -0.703. The third kappa shape index (κ3) is 2.00. The smallest absolute Gasteiger partial charge is 0.0616 e. The van der Waals surface area contributed by atoms with Gasteiger partial charge in [-0.1, -0.05) is 84.6 Å². The topological polar surface area (TPSA) is 0 Å². The summed E-state index contributed by atoms with van der Waals surface area (Å²) in [5.74, 6) is 0. The Kier molecular flexibility index (Phi) is 1.13. The number of benzene rings is 5. The van der Waals surface area contributed by atoms with Crippen molar-refractivity contribution >= 4 is 32.3 Å². The van der Waals surface area contributed by atoms with Crippen LogP contribution >= 0.6 is 0 Å². The molecule has 0 aliphatic carbocycles. The van der Waals surface area contributed by atoms with Crippen molar-refractivity contribution in [1.29, 1.82) is 0 Å². The standard InChI is InChI=1S/C24H16/c1-2-8-18-15-21(14-13-17(18)7-1)24-22-11-5-3-9-19(22)16-20-10-4-6-12-23(20)24/h1-16H/i1D,2D,3D,4D,5D,6D,7D,8D,9D,10D,11D,12D,13D,14D,15D. The lowest BCUT2D eigenvalue weighted by Gasteiger charge is -2.13. The Morgan fingerprint density at radius 1 is 0.500 bits per heavy atom. The van der Waals surface area contributed by atoms with Crippen LogP contribution < -0.4 is 0 Å². The molecule has 0 aromatic heterocycles. The monoisotopic (exact) mass is 319 g/mol. The molecule has 0 saturated carbocycles. The Morgan fingerprint density at radius 3 is 1.71 bits per heavy atom. The van der Waals surface area contributed by atoms with Gasteiger partial charge in [-0.3, -0.25) is 0 Å². The zero-order valence-electron chi connectivity index (χ0n) is 27.1. The van der Waals surface area contributed by atoms with Crippen molar-refractivity contribution in [3.8, 4) is 11.1 Å². The second-order valence-corrected chi connectivity index (χ2v) is 5.10. The van der Waals surface area contributed by atoms with Crippen molar-refractivity contribution in [1.82, 2.24) is 0 Å². The van der Waals surface area contributed by atoms with Crippen LogP contribution in [0.25, 0.3) is 43.4 Å². The first kappa shape index (κ1) is 5.19. The predicted molar refractivity (Wildman–Crippen MR) is 104 cm³/mol. The first-order valence-electron chi connectivity index (χ1n) is 14.6. The highest BCUT2D eigenvalue weighted by Crippen LogP contribution is 2.37. The van der Waals surface area contributed by atoms with E-state index in [1.165, 1.54) is 6.07 Å². The molecule has 0 nitrogen and oxygen atoms in total. The zero-order valence-corrected chi connectivity index (χ0v) is 12.1. The molecule has 24 heavy (non-hydrogen) atoms. The van der Waals surface area contributed by atoms with Gasteiger partial charge in [-0.05, 0) is 55.6 Å². The van der Waals surface area contributed by atoms with Crippen molar-refractivity contribution in [3.05, 3.63) is 96.7 Å². The summed E-state index contributed by atoms with van der Waals surface area (Å²) in [6.45, 7) is 0. The maximum atomic E-state index is 8.97. The van der Waals surface area contributed by atoms with Crippen LogP contribution in [-0.2, 0) is 0 Å². The largest absolute Gasteiger partial charge is 0.0636 e. The molecule has 0 N–H and O–H groups in total. The molecule has 0 fully saturated rings. The molecule has 0 heterocycles. The summed E-state index contributed by atoms with van der Waals surface area (Å²) < 4.78 is 126. The summed E-state index contributed by atoms with van der Waals surface area (Å²) in [4.78, 5) is 0. The molecule has 5 aromatic carbocycles. The van der Waals surface area contributed by atoms with Crippen LogP contribution in [-0.4, -0.2) is 0 Å². The maximum Gasteiger partial charge on any atom is 0.0636 e. The summed E-state index contributed by atoms with van der Waals surface area (Å²) in [6, 6.07) is -8.24. The molecule has 0 heteroatoms. The van der Waals surface area contributed by atoms with E-state index in [4.69, 9.17) is 20.6 Å². The van der Waals surface area contributed by atoms with Crippen LogP contribution in [0.5, 0.6) is 0 Å². The van der Waals surface area contributed by atoms with E-state index >= 15 is 0 Å². The summed E-state index contributed by atoms with van der Waals surface area (Å²) >= 11 is 0. The summed E-state index contributed by atoms with van der Waals surface area (Å²) in [6.07, 6.45) is 0. The number of fused-ring (bicyclic) bond motifs is 3. The minimum Gasteiger partial charge on any atom is -0.0616 e. The summed E-state index contributed by atoms with van der Waals surface area (Å²) in [5.41, 5.74) is -0.775. The fourth-order valence-electron chi connectivity index (χ4n) is 2.68. The lowest BCUT2D eigenvalue weighted by Crippen LogP contribution is -1.86. The van der Waals surface area contributed by atoms with E-state index in [-0.39, 0.29) is 32.5 Å². The van der Waals surface area contributed by atoms with Gasteiger partial charge in [-0.25, -0.2) is 0 Å². The van der Waals surface area contributed by atoms with E-state index in [1.54, 1.807) is 0 Å². The van der Waals surface area contributed by atoms with Crippen molar-refractivity contribution in [3.63, 3.8) is 0 Å². The Morgan fingerprint density at radius 2 is 1.04 bits per heavy atom. The summed E-state index contributed by atoms with van der Waals surface area (Å²) in [5, 5.41) is -1.57. The molecule has 0 bridgehead atoms. The van der Waals surface area contributed by atoms with Gasteiger partial charge in [0, 0.05) is 0 Å². The van der Waals surface area contributed by atoms with Crippen molar-refractivity contribution in [2.75, 3.05) is 0 Å². The van der Waals surface area contributed by atoms with Crippen LogP contribution in [0.4, 0.5) is 0 Å². The fourth-order valence-corrected chi connectivity index (χ4v) is 2.68. The molecule has 0 saturated heterocycles. The molecule has 0 radical (unpaired) electrons. The van der Waals surface area contributed by atoms with Crippen molar-refractivity contribution in [2.24, 2.45) is 0 Å². The highest BCUT2D eigenvalue weighted by atomic mass is 14.1. The van der Waals surface area contributed by atoms with Gasteiger partial charge in [0.05, 0.1) is 20.6 Å². The highest BCUT2D eigenvalue weighted by molar-refractivity contribution is 6.13. The second-order valence-electron chi connectivity index (χ2n) is 5.10. The van der Waals surface area contributed by atoms with Gasteiger partial charge in [0.15, 0.2) is 0 Å². The molecular formula is C24H16. The Labute approximate surface area is 162 Å². The Hall–Kier alpha value is -3.12. The van der Waals surface area contributed by atoms with Gasteiger partial charge in [0.2, 0.25) is 0 Å². The molecule has 5 aromatic rings. The van der Waals surface area contributed by atoms with Crippen LogP contribution in [0.1, 0.15) is 20.6 Å². The highest BCUT2D eigenvalue weighted by Gasteiger charge is 2.09. The zero-order chi connectivity index (χ0) is 29.0. The number of hydrogen-bond donors (Lipinski definition) is 0. The van der Waals surface area contributed by atoms with Crippen LogP contribution in [0, 0.1) is 0 Å². The number of rotatable bonds is 1. The van der Waals surface area contributed by atoms with Gasteiger partial charge in [0.25, 0.3) is 0 Å². The average Bonchev–Trinajstić information content (AvgIpc) is 2.91. The molecular weight excluding hydrogens is 288 g/mol. The van der Waals surface area contributed by atoms with Gasteiger partial charge in [-0.15, -0.1) is 0 Å². The molecule has 112 valence electrons. The first-order valence-corrected chi connectivity index (χ1v) is 7.08. The molecule has 0 unspecified atom stereocenters. The van der Waals surface area contributed by atoms with Gasteiger partial charge < -0.3 is 0 Å². The molecule has 0 spiro atoms. The third-order valence-corrected chi connectivity index (χ3v) is 3.72. The maximum absolute atomic E-state index is 8.97.